The van der Waals surface area contributed by atoms with Gasteiger partial charge in [-0.2, -0.15) is 0 Å². The van der Waals surface area contributed by atoms with Crippen molar-refractivity contribution in [2.24, 2.45) is 0 Å². The van der Waals surface area contributed by atoms with E-state index in [2.05, 4.69) is 0 Å². The molecule has 1 aromatic heterocycles. The molecule has 4 aromatic carbocycles. The SMILES string of the molecule is COC(=O)c1c(-c2cc(OC)c(OC)c(OC)c2)c2cc(OC)c(OCc3cccc(N)c3)cc2c(=O)n1-c1ccc(N)cc1. The second-order valence-corrected chi connectivity index (χ2v) is 9.94. The van der Waals surface area contributed by atoms with Crippen molar-refractivity contribution in [1.29, 1.82) is 0 Å². The van der Waals surface area contributed by atoms with Crippen molar-refractivity contribution in [3.05, 3.63) is 94.4 Å². The molecule has 0 aliphatic heterocycles. The maximum atomic E-state index is 14.4. The lowest BCUT2D eigenvalue weighted by molar-refractivity contribution is 0.0591. The maximum Gasteiger partial charge on any atom is 0.355 e. The van der Waals surface area contributed by atoms with Crippen LogP contribution in [0.5, 0.6) is 28.7 Å². The molecule has 0 atom stereocenters. The number of rotatable bonds is 10. The van der Waals surface area contributed by atoms with E-state index in [0.717, 1.165) is 5.56 Å². The Morgan fingerprint density at radius 2 is 1.36 bits per heavy atom. The fourth-order valence-corrected chi connectivity index (χ4v) is 5.20. The molecule has 11 heteroatoms. The molecule has 5 rings (SSSR count). The Labute approximate surface area is 259 Å². The number of nitrogens with two attached hydrogens (primary N) is 2. The van der Waals surface area contributed by atoms with Crippen LogP contribution in [-0.4, -0.2) is 46.1 Å². The zero-order valence-electron chi connectivity index (χ0n) is 25.5. The van der Waals surface area contributed by atoms with Crippen LogP contribution >= 0.6 is 0 Å². The molecule has 1 heterocycles. The van der Waals surface area contributed by atoms with E-state index in [0.29, 0.717) is 62.3 Å². The van der Waals surface area contributed by atoms with Gasteiger partial charge in [-0.05, 0) is 71.8 Å². The van der Waals surface area contributed by atoms with Crippen molar-refractivity contribution >= 4 is 28.1 Å². The van der Waals surface area contributed by atoms with Gasteiger partial charge in [-0.3, -0.25) is 9.36 Å². The fourth-order valence-electron chi connectivity index (χ4n) is 5.20. The van der Waals surface area contributed by atoms with Crippen LogP contribution in [0, 0.1) is 0 Å². The molecule has 0 aliphatic carbocycles. The zero-order valence-corrected chi connectivity index (χ0v) is 25.5. The summed E-state index contributed by atoms with van der Waals surface area (Å²) in [6.07, 6.45) is 0. The maximum absolute atomic E-state index is 14.4. The van der Waals surface area contributed by atoms with Gasteiger partial charge in [0.15, 0.2) is 23.0 Å². The standard InChI is InChI=1S/C34H33N3O8/c1-40-26-16-24-25(17-27(26)45-18-19-7-6-8-22(36)13-19)33(38)37(23-11-9-21(35)10-12-23)31(34(39)44-5)30(24)20-14-28(41-2)32(43-4)29(15-20)42-3/h6-17H,18,35-36H2,1-5H3. The quantitative estimate of drug-likeness (QED) is 0.159. The van der Waals surface area contributed by atoms with Gasteiger partial charge in [0, 0.05) is 28.0 Å². The van der Waals surface area contributed by atoms with Crippen molar-refractivity contribution in [3.63, 3.8) is 0 Å². The monoisotopic (exact) mass is 611 g/mol. The third-order valence-corrected chi connectivity index (χ3v) is 7.30. The van der Waals surface area contributed by atoms with E-state index in [9.17, 15) is 9.59 Å². The molecule has 232 valence electrons. The fraction of sp³-hybridized carbons (Fsp3) is 0.176. The Morgan fingerprint density at radius 1 is 0.711 bits per heavy atom. The van der Waals surface area contributed by atoms with E-state index in [-0.39, 0.29) is 17.7 Å². The topological polar surface area (TPSA) is 146 Å². The van der Waals surface area contributed by atoms with Crippen molar-refractivity contribution in [2.45, 2.75) is 6.61 Å². The first kappa shape index (κ1) is 30.6. The van der Waals surface area contributed by atoms with Gasteiger partial charge in [0.25, 0.3) is 5.56 Å². The van der Waals surface area contributed by atoms with Gasteiger partial charge in [-0.15, -0.1) is 0 Å². The van der Waals surface area contributed by atoms with Crippen molar-refractivity contribution in [2.75, 3.05) is 47.0 Å². The highest BCUT2D eigenvalue weighted by Crippen LogP contribution is 2.45. The highest BCUT2D eigenvalue weighted by Gasteiger charge is 2.28. The molecule has 0 radical (unpaired) electrons. The highest BCUT2D eigenvalue weighted by atomic mass is 16.5. The first-order valence-electron chi connectivity index (χ1n) is 13.8. The molecule has 0 aliphatic rings. The molecular weight excluding hydrogens is 578 g/mol. The summed E-state index contributed by atoms with van der Waals surface area (Å²) < 4.78 is 35.2. The summed E-state index contributed by atoms with van der Waals surface area (Å²) in [6.45, 7) is 0.166. The number of benzene rings is 4. The number of aromatic nitrogens is 1. The lowest BCUT2D eigenvalue weighted by Gasteiger charge is -2.21. The predicted octanol–water partition coefficient (Wildman–Crippen LogP) is 5.22. The van der Waals surface area contributed by atoms with Crippen molar-refractivity contribution in [3.8, 4) is 45.6 Å². The van der Waals surface area contributed by atoms with E-state index in [1.807, 2.05) is 12.1 Å². The Kier molecular flexibility index (Phi) is 8.71. The summed E-state index contributed by atoms with van der Waals surface area (Å²) in [5.41, 5.74) is 14.5. The summed E-state index contributed by atoms with van der Waals surface area (Å²) >= 11 is 0. The number of pyridine rings is 1. The Balaban J connectivity index is 1.90. The summed E-state index contributed by atoms with van der Waals surface area (Å²) in [7, 11) is 7.21. The summed E-state index contributed by atoms with van der Waals surface area (Å²) in [6, 6.07) is 20.5. The number of nitrogen functional groups attached to an aromatic ring is 2. The molecule has 11 nitrogen and oxygen atoms in total. The molecule has 0 amide bonds. The molecule has 0 unspecified atom stereocenters. The number of carbonyl (C=O) groups is 1. The lowest BCUT2D eigenvalue weighted by atomic mass is 9.95. The van der Waals surface area contributed by atoms with Crippen LogP contribution in [-0.2, 0) is 11.3 Å². The molecular formula is C34H33N3O8. The number of methoxy groups -OCH3 is 5. The van der Waals surface area contributed by atoms with Gasteiger partial charge in [0.05, 0.1) is 40.9 Å². The summed E-state index contributed by atoms with van der Waals surface area (Å²) in [5, 5.41) is 0.640. The van der Waals surface area contributed by atoms with Gasteiger partial charge in [0.1, 0.15) is 12.3 Å². The first-order valence-corrected chi connectivity index (χ1v) is 13.8. The molecule has 0 saturated heterocycles. The third-order valence-electron chi connectivity index (χ3n) is 7.30. The third kappa shape index (κ3) is 5.75. The number of esters is 1. The van der Waals surface area contributed by atoms with Gasteiger partial charge in [-0.1, -0.05) is 12.1 Å². The minimum absolute atomic E-state index is 0.0375. The molecule has 0 bridgehead atoms. The van der Waals surface area contributed by atoms with Crippen LogP contribution in [0.25, 0.3) is 27.6 Å². The average Bonchev–Trinajstić information content (AvgIpc) is 3.06. The van der Waals surface area contributed by atoms with Crippen LogP contribution in [0.4, 0.5) is 11.4 Å². The number of carbonyl (C=O) groups excluding carboxylic acids is 1. The average molecular weight is 612 g/mol. The second kappa shape index (κ2) is 12.8. The summed E-state index contributed by atoms with van der Waals surface area (Å²) in [5.74, 6) is 0.936. The molecule has 0 fully saturated rings. The number of ether oxygens (including phenoxy) is 6. The predicted molar refractivity (Wildman–Crippen MR) is 172 cm³/mol. The zero-order chi connectivity index (χ0) is 32.2. The highest BCUT2D eigenvalue weighted by molar-refractivity contribution is 6.08. The molecule has 0 saturated carbocycles. The lowest BCUT2D eigenvalue weighted by Crippen LogP contribution is -2.27. The number of hydrogen-bond acceptors (Lipinski definition) is 10. The van der Waals surface area contributed by atoms with E-state index in [4.69, 9.17) is 39.9 Å². The molecule has 45 heavy (non-hydrogen) atoms. The molecule has 0 spiro atoms. The Hall–Kier alpha value is -5.84. The Morgan fingerprint density at radius 3 is 1.93 bits per heavy atom. The van der Waals surface area contributed by atoms with Gasteiger partial charge < -0.3 is 39.9 Å². The van der Waals surface area contributed by atoms with Crippen molar-refractivity contribution in [1.82, 2.24) is 4.57 Å². The van der Waals surface area contributed by atoms with Crippen molar-refractivity contribution < 1.29 is 33.2 Å². The summed E-state index contributed by atoms with van der Waals surface area (Å²) in [4.78, 5) is 28.0. The smallest absolute Gasteiger partial charge is 0.355 e. The number of nitrogens with zero attached hydrogens (tertiary/aromatic N) is 1. The van der Waals surface area contributed by atoms with Crippen LogP contribution < -0.4 is 40.7 Å². The normalized spacial score (nSPS) is 10.8. The van der Waals surface area contributed by atoms with Crippen LogP contribution in [0.1, 0.15) is 16.1 Å². The number of anilines is 2. The van der Waals surface area contributed by atoms with Crippen LogP contribution in [0.2, 0.25) is 0 Å². The first-order chi connectivity index (χ1) is 21.7. The van der Waals surface area contributed by atoms with Gasteiger partial charge in [0.2, 0.25) is 5.75 Å². The van der Waals surface area contributed by atoms with Crippen LogP contribution in [0.3, 0.4) is 0 Å². The van der Waals surface area contributed by atoms with Gasteiger partial charge >= 0.3 is 5.97 Å². The largest absolute Gasteiger partial charge is 0.493 e. The van der Waals surface area contributed by atoms with E-state index in [1.165, 1.54) is 40.1 Å². The molecule has 5 aromatic rings. The Bertz CT molecular complexity index is 1930. The van der Waals surface area contributed by atoms with E-state index < -0.39 is 11.5 Å². The molecule has 4 N–H and O–H groups in total. The van der Waals surface area contributed by atoms with Crippen LogP contribution in [0.15, 0.2) is 77.6 Å². The van der Waals surface area contributed by atoms with Gasteiger partial charge in [-0.25, -0.2) is 4.79 Å². The minimum atomic E-state index is -0.754. The van der Waals surface area contributed by atoms with E-state index >= 15 is 0 Å². The van der Waals surface area contributed by atoms with E-state index in [1.54, 1.807) is 60.7 Å². The number of hydrogen-bond donors (Lipinski definition) is 2. The minimum Gasteiger partial charge on any atom is -0.493 e. The second-order valence-electron chi connectivity index (χ2n) is 9.94. The number of fused-ring (bicyclic) bond motifs is 1.